The molecule has 0 spiro atoms. The zero-order chi connectivity index (χ0) is 13.1. The Kier molecular flexibility index (Phi) is 3.31. The lowest BCUT2D eigenvalue weighted by molar-refractivity contribution is -0.148. The molecule has 0 fully saturated rings. The number of carbonyl (C=O) groups is 1. The van der Waals surface area contributed by atoms with Crippen LogP contribution in [0.2, 0.25) is 0 Å². The molecule has 0 amide bonds. The maximum atomic E-state index is 10.9. The van der Waals surface area contributed by atoms with Crippen LogP contribution in [0.25, 0.3) is 10.9 Å². The maximum absolute atomic E-state index is 10.9. The van der Waals surface area contributed by atoms with Crippen LogP contribution in [0.3, 0.4) is 0 Å². The van der Waals surface area contributed by atoms with Crippen LogP contribution < -0.4 is 0 Å². The highest BCUT2D eigenvalue weighted by atomic mass is 16.5. The molecule has 0 aliphatic heterocycles. The van der Waals surface area contributed by atoms with E-state index in [9.17, 15) is 4.79 Å². The first-order chi connectivity index (χ1) is 8.67. The van der Waals surface area contributed by atoms with E-state index in [0.717, 1.165) is 16.5 Å². The van der Waals surface area contributed by atoms with Crippen LogP contribution in [-0.2, 0) is 16.0 Å². The predicted molar refractivity (Wildman–Crippen MR) is 65.2 cm³/mol. The third-order valence-corrected chi connectivity index (χ3v) is 2.89. The van der Waals surface area contributed by atoms with Crippen molar-refractivity contribution in [1.82, 2.24) is 4.98 Å². The first-order valence-electron chi connectivity index (χ1n) is 5.42. The van der Waals surface area contributed by atoms with Crippen LogP contribution in [0.1, 0.15) is 11.1 Å². The zero-order valence-electron chi connectivity index (χ0n) is 9.80. The highest BCUT2D eigenvalue weighted by molar-refractivity contribution is 5.88. The predicted octanol–water partition coefficient (Wildman–Crippen LogP) is 1.68. The molecule has 18 heavy (non-hydrogen) atoms. The molecule has 5 nitrogen and oxygen atoms in total. The fraction of sp³-hybridized carbons (Fsp3) is 0.231. The number of methoxy groups -OCH3 is 1. The number of nitriles is 1. The molecule has 0 saturated carbocycles. The van der Waals surface area contributed by atoms with E-state index in [4.69, 9.17) is 15.1 Å². The topological polar surface area (TPSA) is 86.1 Å². The van der Waals surface area contributed by atoms with Crippen LogP contribution in [0.4, 0.5) is 0 Å². The normalized spacial score (nSPS) is 12.2. The largest absolute Gasteiger partial charge is 0.479 e. The molecule has 1 heterocycles. The maximum Gasteiger partial charge on any atom is 0.333 e. The Bertz CT molecular complexity index is 625. The Morgan fingerprint density at radius 3 is 3.00 bits per heavy atom. The monoisotopic (exact) mass is 244 g/mol. The number of nitrogens with zero attached hydrogens (tertiary/aromatic N) is 1. The molecule has 0 bridgehead atoms. The van der Waals surface area contributed by atoms with E-state index in [-0.39, 0.29) is 6.42 Å². The summed E-state index contributed by atoms with van der Waals surface area (Å²) in [4.78, 5) is 13.9. The molecular weight excluding hydrogens is 232 g/mol. The molecule has 0 aliphatic rings. The van der Waals surface area contributed by atoms with Crippen LogP contribution in [0.15, 0.2) is 24.4 Å². The highest BCUT2D eigenvalue weighted by Gasteiger charge is 2.19. The van der Waals surface area contributed by atoms with Crippen LogP contribution in [0.5, 0.6) is 0 Å². The van der Waals surface area contributed by atoms with Gasteiger partial charge < -0.3 is 14.8 Å². The molecule has 2 N–H and O–H groups in total. The van der Waals surface area contributed by atoms with Gasteiger partial charge in [0.2, 0.25) is 0 Å². The van der Waals surface area contributed by atoms with E-state index in [1.165, 1.54) is 7.11 Å². The van der Waals surface area contributed by atoms with Gasteiger partial charge in [0.05, 0.1) is 11.1 Å². The minimum Gasteiger partial charge on any atom is -0.479 e. The minimum absolute atomic E-state index is 0.265. The van der Waals surface area contributed by atoms with Gasteiger partial charge in [-0.3, -0.25) is 0 Å². The second-order valence-corrected chi connectivity index (χ2v) is 3.92. The van der Waals surface area contributed by atoms with E-state index in [1.54, 1.807) is 18.3 Å². The molecule has 1 atom stereocenters. The number of ether oxygens (including phenoxy) is 1. The van der Waals surface area contributed by atoms with Crippen molar-refractivity contribution in [3.05, 3.63) is 35.5 Å². The number of carboxylic acid groups (broad SMARTS) is 1. The van der Waals surface area contributed by atoms with Gasteiger partial charge in [0.15, 0.2) is 6.10 Å². The molecule has 0 radical (unpaired) electrons. The highest BCUT2D eigenvalue weighted by Crippen LogP contribution is 2.22. The number of aliphatic carboxylic acids is 1. The van der Waals surface area contributed by atoms with Crippen molar-refractivity contribution >= 4 is 16.9 Å². The average Bonchev–Trinajstić information content (AvgIpc) is 2.78. The number of carboxylic acids is 1. The molecule has 0 unspecified atom stereocenters. The first kappa shape index (κ1) is 12.1. The number of benzene rings is 1. The summed E-state index contributed by atoms with van der Waals surface area (Å²) in [6.45, 7) is 0. The summed E-state index contributed by atoms with van der Waals surface area (Å²) < 4.78 is 4.91. The summed E-state index contributed by atoms with van der Waals surface area (Å²) in [5.41, 5.74) is 2.11. The Morgan fingerprint density at radius 1 is 1.61 bits per heavy atom. The Morgan fingerprint density at radius 2 is 2.39 bits per heavy atom. The number of para-hydroxylation sites is 1. The molecular formula is C13H12N2O3. The van der Waals surface area contributed by atoms with E-state index in [1.807, 2.05) is 6.07 Å². The summed E-state index contributed by atoms with van der Waals surface area (Å²) in [5, 5.41) is 18.8. The fourth-order valence-corrected chi connectivity index (χ4v) is 1.95. The van der Waals surface area contributed by atoms with Gasteiger partial charge in [-0.05, 0) is 11.6 Å². The smallest absolute Gasteiger partial charge is 0.333 e. The Labute approximate surface area is 104 Å². The Balaban J connectivity index is 2.42. The molecule has 1 aromatic heterocycles. The zero-order valence-corrected chi connectivity index (χ0v) is 9.80. The quantitative estimate of drug-likeness (QED) is 0.856. The van der Waals surface area contributed by atoms with Crippen molar-refractivity contribution in [3.63, 3.8) is 0 Å². The second kappa shape index (κ2) is 4.90. The number of nitrogens with one attached hydrogen (secondary N) is 1. The van der Waals surface area contributed by atoms with Crippen molar-refractivity contribution in [3.8, 4) is 6.07 Å². The van der Waals surface area contributed by atoms with Crippen LogP contribution in [0, 0.1) is 11.3 Å². The molecule has 0 aliphatic carbocycles. The fourth-order valence-electron chi connectivity index (χ4n) is 1.95. The van der Waals surface area contributed by atoms with Crippen molar-refractivity contribution in [2.24, 2.45) is 0 Å². The number of aromatic nitrogens is 1. The van der Waals surface area contributed by atoms with Gasteiger partial charge in [0, 0.05) is 25.1 Å². The number of hydrogen-bond acceptors (Lipinski definition) is 3. The number of rotatable bonds is 4. The number of aromatic amines is 1. The van der Waals surface area contributed by atoms with Crippen molar-refractivity contribution < 1.29 is 14.6 Å². The summed E-state index contributed by atoms with van der Waals surface area (Å²) in [5.74, 6) is -0.997. The van der Waals surface area contributed by atoms with Crippen molar-refractivity contribution in [2.45, 2.75) is 12.5 Å². The summed E-state index contributed by atoms with van der Waals surface area (Å²) >= 11 is 0. The van der Waals surface area contributed by atoms with Gasteiger partial charge in [-0.15, -0.1) is 0 Å². The van der Waals surface area contributed by atoms with Crippen LogP contribution >= 0.6 is 0 Å². The summed E-state index contributed by atoms with van der Waals surface area (Å²) in [7, 11) is 1.37. The Hall–Kier alpha value is -2.32. The van der Waals surface area contributed by atoms with E-state index < -0.39 is 12.1 Å². The van der Waals surface area contributed by atoms with Gasteiger partial charge in [0.1, 0.15) is 6.07 Å². The minimum atomic E-state index is -0.997. The van der Waals surface area contributed by atoms with Crippen LogP contribution in [-0.4, -0.2) is 29.3 Å². The molecule has 92 valence electrons. The third kappa shape index (κ3) is 2.06. The van der Waals surface area contributed by atoms with E-state index in [0.29, 0.717) is 5.56 Å². The summed E-state index contributed by atoms with van der Waals surface area (Å²) in [6, 6.07) is 7.45. The molecule has 5 heteroatoms. The van der Waals surface area contributed by atoms with E-state index >= 15 is 0 Å². The average molecular weight is 244 g/mol. The molecule has 0 saturated heterocycles. The third-order valence-electron chi connectivity index (χ3n) is 2.89. The lowest BCUT2D eigenvalue weighted by Gasteiger charge is -2.09. The van der Waals surface area contributed by atoms with Gasteiger partial charge in [-0.25, -0.2) is 4.79 Å². The molecule has 2 aromatic rings. The number of H-pyrrole nitrogens is 1. The first-order valence-corrected chi connectivity index (χ1v) is 5.42. The van der Waals surface area contributed by atoms with Crippen molar-refractivity contribution in [1.29, 1.82) is 5.26 Å². The van der Waals surface area contributed by atoms with Gasteiger partial charge in [-0.1, -0.05) is 12.1 Å². The van der Waals surface area contributed by atoms with Gasteiger partial charge in [0.25, 0.3) is 0 Å². The summed E-state index contributed by atoms with van der Waals surface area (Å²) in [6.07, 6.45) is 1.11. The number of fused-ring (bicyclic) bond motifs is 1. The van der Waals surface area contributed by atoms with E-state index in [2.05, 4.69) is 11.1 Å². The molecule has 1 aromatic carbocycles. The van der Waals surface area contributed by atoms with Gasteiger partial charge in [-0.2, -0.15) is 5.26 Å². The SMILES string of the molecule is CO[C@@H](Cc1c[nH]c2c(C#N)cccc12)C(=O)O. The standard InChI is InChI=1S/C13H12N2O3/c1-18-11(13(16)17)5-9-7-15-12-8(6-14)3-2-4-10(9)12/h2-4,7,11,15H,5H2,1H3,(H,16,17)/t11-/m0/s1. The lowest BCUT2D eigenvalue weighted by atomic mass is 10.0. The lowest BCUT2D eigenvalue weighted by Crippen LogP contribution is -2.24. The number of hydrogen-bond donors (Lipinski definition) is 2. The second-order valence-electron chi connectivity index (χ2n) is 3.92. The van der Waals surface area contributed by atoms with Crippen molar-refractivity contribution in [2.75, 3.05) is 7.11 Å². The molecule has 2 rings (SSSR count). The van der Waals surface area contributed by atoms with Gasteiger partial charge >= 0.3 is 5.97 Å².